The van der Waals surface area contributed by atoms with Crippen molar-refractivity contribution in [3.63, 3.8) is 0 Å². The molecule has 3 heteroatoms. The molecule has 0 N–H and O–H groups in total. The van der Waals surface area contributed by atoms with Gasteiger partial charge in [-0.05, 0) is 12.6 Å². The van der Waals surface area contributed by atoms with Crippen molar-refractivity contribution < 1.29 is 4.79 Å². The molecule has 0 aliphatic rings. The molecule has 1 radical (unpaired) electrons. The van der Waals surface area contributed by atoms with Gasteiger partial charge in [-0.25, -0.2) is 0 Å². The number of likely N-dealkylation sites (N-methyl/N-ethyl adjacent to an activating group) is 1. The topological polar surface area (TPSA) is 34.4 Å². The Morgan fingerprint density at radius 3 is 2.62 bits per heavy atom. The summed E-state index contributed by atoms with van der Waals surface area (Å²) in [5, 5.41) is 3.94. The lowest BCUT2D eigenvalue weighted by atomic mass is 10.2. The Morgan fingerprint density at radius 2 is 2.00 bits per heavy atom. The van der Waals surface area contributed by atoms with Gasteiger partial charge in [0.1, 0.15) is 0 Å². The first-order valence-corrected chi connectivity index (χ1v) is 5.65. The fourth-order valence-electron chi connectivity index (χ4n) is 1.43. The zero-order valence-electron chi connectivity index (χ0n) is 10.0. The van der Waals surface area contributed by atoms with Crippen LogP contribution in [0.5, 0.6) is 0 Å². The molecule has 16 heavy (non-hydrogen) atoms. The molecule has 1 amide bonds. The molecular weight excluding hydrogens is 200 g/mol. The van der Waals surface area contributed by atoms with Crippen LogP contribution in [0.2, 0.25) is 0 Å². The highest BCUT2D eigenvalue weighted by Gasteiger charge is 2.02. The summed E-state index contributed by atoms with van der Waals surface area (Å²) < 4.78 is 0. The van der Waals surface area contributed by atoms with Crippen LogP contribution in [0.3, 0.4) is 0 Å². The molecule has 1 aromatic carbocycles. The van der Waals surface area contributed by atoms with Gasteiger partial charge >= 0.3 is 0 Å². The van der Waals surface area contributed by atoms with Crippen LogP contribution in [0, 0.1) is 0 Å². The Kier molecular flexibility index (Phi) is 5.57. The highest BCUT2D eigenvalue weighted by atomic mass is 16.1. The smallest absolute Gasteiger partial charge is 0.240 e. The van der Waals surface area contributed by atoms with E-state index in [1.54, 1.807) is 0 Å². The van der Waals surface area contributed by atoms with Crippen molar-refractivity contribution in [3.8, 4) is 0 Å². The lowest BCUT2D eigenvalue weighted by Crippen LogP contribution is -2.28. The van der Waals surface area contributed by atoms with Gasteiger partial charge in [-0.15, -0.1) is 0 Å². The largest absolute Gasteiger partial charge is 0.300 e. The van der Waals surface area contributed by atoms with E-state index in [0.717, 1.165) is 13.1 Å². The van der Waals surface area contributed by atoms with Gasteiger partial charge in [0, 0.05) is 19.5 Å². The molecule has 0 spiro atoms. The summed E-state index contributed by atoms with van der Waals surface area (Å²) >= 11 is 0. The van der Waals surface area contributed by atoms with Crippen LogP contribution in [0.25, 0.3) is 0 Å². The van der Waals surface area contributed by atoms with Crippen molar-refractivity contribution in [1.29, 1.82) is 0 Å². The van der Waals surface area contributed by atoms with Gasteiger partial charge in [0.25, 0.3) is 0 Å². The number of carbonyl (C=O) groups is 1. The Hall–Kier alpha value is -1.35. The van der Waals surface area contributed by atoms with Gasteiger partial charge in [0.2, 0.25) is 5.91 Å². The fourth-order valence-corrected chi connectivity index (χ4v) is 1.43. The van der Waals surface area contributed by atoms with E-state index in [1.165, 1.54) is 5.56 Å². The van der Waals surface area contributed by atoms with Gasteiger partial charge in [-0.2, -0.15) is 0 Å². The third kappa shape index (κ3) is 4.94. The van der Waals surface area contributed by atoms with Crippen molar-refractivity contribution in [1.82, 2.24) is 10.2 Å². The van der Waals surface area contributed by atoms with E-state index in [-0.39, 0.29) is 5.91 Å². The average molecular weight is 219 g/mol. The third-order valence-electron chi connectivity index (χ3n) is 2.37. The molecule has 0 heterocycles. The second-order valence-electron chi connectivity index (χ2n) is 3.85. The van der Waals surface area contributed by atoms with Gasteiger partial charge in [0.05, 0.1) is 6.54 Å². The van der Waals surface area contributed by atoms with Crippen molar-refractivity contribution in [3.05, 3.63) is 35.9 Å². The van der Waals surface area contributed by atoms with Crippen LogP contribution < -0.4 is 5.32 Å². The van der Waals surface area contributed by atoms with Gasteiger partial charge in [-0.1, -0.05) is 37.3 Å². The number of nitrogens with zero attached hydrogens (tertiary/aromatic N) is 2. The summed E-state index contributed by atoms with van der Waals surface area (Å²) in [7, 11) is 2.04. The number of hydrogen-bond acceptors (Lipinski definition) is 2. The van der Waals surface area contributed by atoms with Gasteiger partial charge < -0.3 is 4.90 Å². The summed E-state index contributed by atoms with van der Waals surface area (Å²) in [5.41, 5.74) is 1.28. The average Bonchev–Trinajstić information content (AvgIpc) is 2.30. The normalized spacial score (nSPS) is 10.4. The minimum absolute atomic E-state index is 0.00638. The summed E-state index contributed by atoms with van der Waals surface area (Å²) in [5.74, 6) is -0.00638. The van der Waals surface area contributed by atoms with Crippen LogP contribution in [-0.4, -0.2) is 30.9 Å². The molecule has 0 unspecified atom stereocenters. The van der Waals surface area contributed by atoms with E-state index in [0.29, 0.717) is 13.0 Å². The van der Waals surface area contributed by atoms with E-state index in [2.05, 4.69) is 22.3 Å². The van der Waals surface area contributed by atoms with Crippen molar-refractivity contribution in [2.45, 2.75) is 19.9 Å². The first-order valence-electron chi connectivity index (χ1n) is 5.65. The highest BCUT2D eigenvalue weighted by molar-refractivity contribution is 5.75. The molecule has 3 nitrogen and oxygen atoms in total. The number of rotatable bonds is 6. The summed E-state index contributed by atoms with van der Waals surface area (Å²) in [6.07, 6.45) is 0.502. The van der Waals surface area contributed by atoms with E-state index in [9.17, 15) is 4.79 Å². The number of carbonyl (C=O) groups excluding carboxylic acids is 1. The fraction of sp³-hybridized carbons (Fsp3) is 0.462. The Balaban J connectivity index is 2.21. The van der Waals surface area contributed by atoms with E-state index < -0.39 is 0 Å². The number of benzene rings is 1. The van der Waals surface area contributed by atoms with Crippen molar-refractivity contribution >= 4 is 5.91 Å². The van der Waals surface area contributed by atoms with Crippen LogP contribution in [0.1, 0.15) is 18.9 Å². The number of amides is 1. The highest BCUT2D eigenvalue weighted by Crippen LogP contribution is 2.01. The van der Waals surface area contributed by atoms with Crippen LogP contribution in [0.4, 0.5) is 0 Å². The Bertz CT molecular complexity index is 311. The lowest BCUT2D eigenvalue weighted by molar-refractivity contribution is -0.121. The summed E-state index contributed by atoms with van der Waals surface area (Å²) in [6.45, 7) is 4.15. The molecule has 0 bridgehead atoms. The van der Waals surface area contributed by atoms with E-state index >= 15 is 0 Å². The molecular formula is C13H19N2O. The maximum absolute atomic E-state index is 11.0. The maximum atomic E-state index is 11.0. The molecule has 1 rings (SSSR count). The molecule has 0 aliphatic heterocycles. The van der Waals surface area contributed by atoms with Crippen molar-refractivity contribution in [2.24, 2.45) is 0 Å². The second-order valence-corrected chi connectivity index (χ2v) is 3.85. The van der Waals surface area contributed by atoms with Crippen molar-refractivity contribution in [2.75, 3.05) is 20.1 Å². The first-order chi connectivity index (χ1) is 7.72. The quantitative estimate of drug-likeness (QED) is 0.729. The number of hydrogen-bond donors (Lipinski definition) is 0. The molecule has 0 saturated heterocycles. The third-order valence-corrected chi connectivity index (χ3v) is 2.37. The molecule has 0 aromatic heterocycles. The molecule has 0 aliphatic carbocycles. The van der Waals surface area contributed by atoms with Gasteiger partial charge in [0.15, 0.2) is 0 Å². The Labute approximate surface area is 97.5 Å². The second kappa shape index (κ2) is 7.01. The molecule has 87 valence electrons. The predicted molar refractivity (Wildman–Crippen MR) is 65.1 cm³/mol. The standard InChI is InChI=1S/C13H19N2O/c1-3-13(16)14-9-10-15(2)11-12-7-5-4-6-8-12/h4-8H,3,9-11H2,1-2H3. The monoisotopic (exact) mass is 219 g/mol. The lowest BCUT2D eigenvalue weighted by Gasteiger charge is -2.15. The predicted octanol–water partition coefficient (Wildman–Crippen LogP) is 1.66. The van der Waals surface area contributed by atoms with Crippen LogP contribution >= 0.6 is 0 Å². The SMILES string of the molecule is CCC(=O)[N]CCN(C)Cc1ccccc1. The summed E-state index contributed by atoms with van der Waals surface area (Å²) in [4.78, 5) is 13.1. The maximum Gasteiger partial charge on any atom is 0.240 e. The van der Waals surface area contributed by atoms with Gasteiger partial charge in [-0.3, -0.25) is 10.1 Å². The van der Waals surface area contributed by atoms with E-state index in [1.807, 2.05) is 32.2 Å². The van der Waals surface area contributed by atoms with E-state index in [4.69, 9.17) is 0 Å². The molecule has 0 fully saturated rings. The zero-order valence-corrected chi connectivity index (χ0v) is 10.0. The molecule has 0 saturated carbocycles. The first kappa shape index (κ1) is 12.7. The Morgan fingerprint density at radius 1 is 1.31 bits per heavy atom. The minimum atomic E-state index is -0.00638. The van der Waals surface area contributed by atoms with Crippen LogP contribution in [0.15, 0.2) is 30.3 Å². The zero-order chi connectivity index (χ0) is 11.8. The summed E-state index contributed by atoms with van der Waals surface area (Å²) in [6, 6.07) is 10.3. The molecule has 1 aromatic rings. The molecule has 0 atom stereocenters. The minimum Gasteiger partial charge on any atom is -0.300 e. The van der Waals surface area contributed by atoms with Crippen LogP contribution in [-0.2, 0) is 11.3 Å².